The minimum atomic E-state index is -3.18. The van der Waals surface area contributed by atoms with E-state index < -0.39 is 23.2 Å². The number of benzene rings is 1. The number of Topliss-reactive ketones (excluding diaryl/α,β-unsaturated/α-hetero) is 1. The summed E-state index contributed by atoms with van der Waals surface area (Å²) in [4.78, 5) is 23.6. The number of alkyl halides is 2. The molecule has 0 N–H and O–H groups in total. The van der Waals surface area contributed by atoms with Gasteiger partial charge in [0.05, 0.1) is 12.2 Å². The number of esters is 1. The van der Waals surface area contributed by atoms with Crippen LogP contribution in [0.5, 0.6) is 11.5 Å². The lowest BCUT2D eigenvalue weighted by Gasteiger charge is -2.23. The fraction of sp³-hybridized carbons (Fsp3) is 0.429. The maximum Gasteiger partial charge on any atom is 0.379 e. The molecule has 0 fully saturated rings. The highest BCUT2D eigenvalue weighted by Gasteiger charge is 2.32. The summed E-state index contributed by atoms with van der Waals surface area (Å²) in [6, 6.07) is 2.04. The van der Waals surface area contributed by atoms with Crippen LogP contribution in [0.2, 0.25) is 0 Å². The third-order valence-corrected chi connectivity index (χ3v) is 2.85. The monoisotopic (exact) mass is 300 g/mol. The molecule has 21 heavy (non-hydrogen) atoms. The van der Waals surface area contributed by atoms with Gasteiger partial charge in [-0.3, -0.25) is 4.79 Å². The van der Waals surface area contributed by atoms with Crippen LogP contribution in [0.4, 0.5) is 8.78 Å². The Morgan fingerprint density at radius 3 is 2.57 bits per heavy atom. The van der Waals surface area contributed by atoms with Crippen molar-refractivity contribution >= 4 is 11.8 Å². The van der Waals surface area contributed by atoms with Crippen LogP contribution >= 0.6 is 0 Å². The van der Waals surface area contributed by atoms with Gasteiger partial charge in [0.2, 0.25) is 0 Å². The summed E-state index contributed by atoms with van der Waals surface area (Å²) >= 11 is 0. The predicted octanol–water partition coefficient (Wildman–Crippen LogP) is 2.32. The van der Waals surface area contributed by atoms with E-state index >= 15 is 0 Å². The molecule has 1 heterocycles. The van der Waals surface area contributed by atoms with Crippen LogP contribution in [0.15, 0.2) is 12.1 Å². The second-order valence-electron chi connectivity index (χ2n) is 4.49. The normalized spacial score (nSPS) is 13.7. The van der Waals surface area contributed by atoms with Gasteiger partial charge < -0.3 is 14.2 Å². The molecule has 0 saturated heterocycles. The smallest absolute Gasteiger partial charge is 0.379 e. The Bertz CT molecular complexity index is 577. The van der Waals surface area contributed by atoms with Crippen LogP contribution in [0.25, 0.3) is 0 Å². The first-order valence-electron chi connectivity index (χ1n) is 6.38. The first-order valence-corrected chi connectivity index (χ1v) is 6.38. The van der Waals surface area contributed by atoms with Crippen LogP contribution in [0.3, 0.4) is 0 Å². The molecule has 0 aromatic heterocycles. The summed E-state index contributed by atoms with van der Waals surface area (Å²) in [5, 5.41) is 0. The Morgan fingerprint density at radius 2 is 1.95 bits per heavy atom. The van der Waals surface area contributed by atoms with Crippen LogP contribution in [-0.4, -0.2) is 31.6 Å². The number of carbonyl (C=O) groups excluding carboxylic acids is 2. The van der Waals surface area contributed by atoms with Crippen molar-refractivity contribution in [1.82, 2.24) is 0 Å². The van der Waals surface area contributed by atoms with Gasteiger partial charge in [-0.25, -0.2) is 13.6 Å². The van der Waals surface area contributed by atoms with Gasteiger partial charge in [0.15, 0.2) is 11.5 Å². The van der Waals surface area contributed by atoms with E-state index in [-0.39, 0.29) is 36.9 Å². The standard InChI is InChI=1S/C14H14F2O5/c1-3-19-13(18)11(17)9-6-8(14(2,15)16)7-10-12(9)21-5-4-20-10/h6-7H,3-5H2,1-2H3. The predicted molar refractivity (Wildman–Crippen MR) is 68.0 cm³/mol. The molecule has 0 spiro atoms. The number of halogens is 2. The average Bonchev–Trinajstić information content (AvgIpc) is 2.44. The van der Waals surface area contributed by atoms with E-state index in [1.54, 1.807) is 0 Å². The number of ketones is 1. The van der Waals surface area contributed by atoms with Gasteiger partial charge >= 0.3 is 5.97 Å². The van der Waals surface area contributed by atoms with Gasteiger partial charge in [0, 0.05) is 12.5 Å². The quantitative estimate of drug-likeness (QED) is 0.485. The zero-order valence-electron chi connectivity index (χ0n) is 11.6. The maximum absolute atomic E-state index is 13.5. The van der Waals surface area contributed by atoms with Crippen LogP contribution in [0.1, 0.15) is 29.8 Å². The van der Waals surface area contributed by atoms with E-state index in [9.17, 15) is 18.4 Å². The number of fused-ring (bicyclic) bond motifs is 1. The van der Waals surface area contributed by atoms with E-state index in [4.69, 9.17) is 9.47 Å². The summed E-state index contributed by atoms with van der Waals surface area (Å²) in [6.07, 6.45) is 0. The lowest BCUT2D eigenvalue weighted by Crippen LogP contribution is -2.23. The highest BCUT2D eigenvalue weighted by atomic mass is 19.3. The molecule has 1 aromatic rings. The van der Waals surface area contributed by atoms with Gasteiger partial charge in [-0.05, 0) is 19.1 Å². The molecule has 5 nitrogen and oxygen atoms in total. The van der Waals surface area contributed by atoms with Crippen molar-refractivity contribution in [3.05, 3.63) is 23.3 Å². The maximum atomic E-state index is 13.5. The molecular weight excluding hydrogens is 286 g/mol. The fourth-order valence-electron chi connectivity index (χ4n) is 1.88. The largest absolute Gasteiger partial charge is 0.486 e. The second-order valence-corrected chi connectivity index (χ2v) is 4.49. The summed E-state index contributed by atoms with van der Waals surface area (Å²) in [5.74, 6) is -5.32. The van der Waals surface area contributed by atoms with Gasteiger partial charge in [-0.1, -0.05) is 0 Å². The zero-order chi connectivity index (χ0) is 15.6. The van der Waals surface area contributed by atoms with Crippen LogP contribution < -0.4 is 9.47 Å². The van der Waals surface area contributed by atoms with Gasteiger partial charge in [0.25, 0.3) is 11.7 Å². The molecule has 0 radical (unpaired) electrons. The Morgan fingerprint density at radius 1 is 1.29 bits per heavy atom. The number of hydrogen-bond donors (Lipinski definition) is 0. The minimum Gasteiger partial charge on any atom is -0.486 e. The molecule has 1 aliphatic rings. The summed E-state index contributed by atoms with van der Waals surface area (Å²) in [5.41, 5.74) is -0.707. The Hall–Kier alpha value is -2.18. The molecule has 0 amide bonds. The minimum absolute atomic E-state index is 0.00713. The first-order chi connectivity index (χ1) is 9.84. The van der Waals surface area contributed by atoms with Gasteiger partial charge in [-0.15, -0.1) is 0 Å². The van der Waals surface area contributed by atoms with E-state index in [1.807, 2.05) is 0 Å². The van der Waals surface area contributed by atoms with E-state index in [0.29, 0.717) is 6.92 Å². The van der Waals surface area contributed by atoms with E-state index in [2.05, 4.69) is 4.74 Å². The number of hydrogen-bond acceptors (Lipinski definition) is 5. The molecule has 0 unspecified atom stereocenters. The molecular formula is C14H14F2O5. The summed E-state index contributed by atoms with van der Waals surface area (Å²) in [6.45, 7) is 2.58. The zero-order valence-corrected chi connectivity index (χ0v) is 11.6. The third kappa shape index (κ3) is 3.12. The molecule has 114 valence electrons. The molecule has 1 aliphatic heterocycles. The molecule has 0 saturated carbocycles. The van der Waals surface area contributed by atoms with Crippen molar-refractivity contribution in [2.24, 2.45) is 0 Å². The number of rotatable bonds is 4. The topological polar surface area (TPSA) is 61.8 Å². The van der Waals surface area contributed by atoms with Gasteiger partial charge in [0.1, 0.15) is 13.2 Å². The van der Waals surface area contributed by atoms with Crippen molar-refractivity contribution in [3.8, 4) is 11.5 Å². The Balaban J connectivity index is 2.52. The van der Waals surface area contributed by atoms with E-state index in [1.165, 1.54) is 6.92 Å². The number of ether oxygens (including phenoxy) is 3. The molecule has 1 aromatic carbocycles. The first kappa shape index (κ1) is 15.2. The summed E-state index contributed by atoms with van der Waals surface area (Å²) in [7, 11) is 0. The lowest BCUT2D eigenvalue weighted by molar-refractivity contribution is -0.137. The van der Waals surface area contributed by atoms with Crippen LogP contribution in [0, 0.1) is 0 Å². The van der Waals surface area contributed by atoms with Crippen molar-refractivity contribution in [3.63, 3.8) is 0 Å². The van der Waals surface area contributed by atoms with Crippen molar-refractivity contribution in [2.45, 2.75) is 19.8 Å². The second kappa shape index (κ2) is 5.67. The summed E-state index contributed by atoms with van der Waals surface area (Å²) < 4.78 is 42.1. The van der Waals surface area contributed by atoms with Crippen molar-refractivity contribution in [1.29, 1.82) is 0 Å². The fourth-order valence-corrected chi connectivity index (χ4v) is 1.88. The highest BCUT2D eigenvalue weighted by molar-refractivity contribution is 6.41. The van der Waals surface area contributed by atoms with Crippen molar-refractivity contribution in [2.75, 3.05) is 19.8 Å². The molecule has 0 bridgehead atoms. The molecule has 7 heteroatoms. The average molecular weight is 300 g/mol. The SMILES string of the molecule is CCOC(=O)C(=O)c1cc(C(C)(F)F)cc2c1OCCO2. The molecule has 2 rings (SSSR count). The van der Waals surface area contributed by atoms with Gasteiger partial charge in [-0.2, -0.15) is 0 Å². The Labute approximate surface area is 119 Å². The Kier molecular flexibility index (Phi) is 4.11. The molecule has 0 aliphatic carbocycles. The number of carbonyl (C=O) groups is 2. The van der Waals surface area contributed by atoms with Crippen molar-refractivity contribution < 1.29 is 32.6 Å². The molecule has 0 atom stereocenters. The lowest BCUT2D eigenvalue weighted by atomic mass is 10.0. The third-order valence-electron chi connectivity index (χ3n) is 2.85. The van der Waals surface area contributed by atoms with E-state index in [0.717, 1.165) is 12.1 Å². The highest BCUT2D eigenvalue weighted by Crippen LogP contribution is 2.40. The van der Waals surface area contributed by atoms with Crippen LogP contribution in [-0.2, 0) is 15.5 Å².